The average Bonchev–Trinajstić information content (AvgIpc) is 2.68. The van der Waals surface area contributed by atoms with Crippen LogP contribution < -0.4 is 0 Å². The van der Waals surface area contributed by atoms with Gasteiger partial charge in [-0.1, -0.05) is 11.3 Å². The Labute approximate surface area is 83.2 Å². The fourth-order valence-corrected chi connectivity index (χ4v) is 1.74. The summed E-state index contributed by atoms with van der Waals surface area (Å²) in [7, 11) is 0. The largest absolute Gasteiger partial charge is 0.324 e. The Balaban J connectivity index is 2.39. The lowest BCUT2D eigenvalue weighted by Gasteiger charge is -1.90. The number of hydrogen-bond donors (Lipinski definition) is 0. The van der Waals surface area contributed by atoms with Crippen molar-refractivity contribution in [2.75, 3.05) is 0 Å². The van der Waals surface area contributed by atoms with Crippen LogP contribution in [0.4, 0.5) is 5.00 Å². The molecule has 0 saturated carbocycles. The Morgan fingerprint density at radius 3 is 2.57 bits per heavy atom. The van der Waals surface area contributed by atoms with Crippen molar-refractivity contribution < 1.29 is 4.92 Å². The van der Waals surface area contributed by atoms with Crippen LogP contribution in [0.15, 0.2) is 30.6 Å². The van der Waals surface area contributed by atoms with E-state index in [4.69, 9.17) is 0 Å². The van der Waals surface area contributed by atoms with Crippen LogP contribution in [0.5, 0.6) is 0 Å². The van der Waals surface area contributed by atoms with Crippen molar-refractivity contribution in [3.63, 3.8) is 0 Å². The van der Waals surface area contributed by atoms with Gasteiger partial charge < -0.3 is 0 Å². The van der Waals surface area contributed by atoms with Gasteiger partial charge in [0, 0.05) is 18.5 Å². The van der Waals surface area contributed by atoms with Crippen LogP contribution in [0.3, 0.4) is 0 Å². The summed E-state index contributed by atoms with van der Waals surface area (Å²) in [6.45, 7) is 0. The van der Waals surface area contributed by atoms with Gasteiger partial charge in [-0.25, -0.2) is 9.97 Å². The number of nitrogens with zero attached hydrogens (tertiary/aromatic N) is 3. The van der Waals surface area contributed by atoms with Gasteiger partial charge >= 0.3 is 5.00 Å². The zero-order valence-electron chi connectivity index (χ0n) is 6.95. The van der Waals surface area contributed by atoms with E-state index in [-0.39, 0.29) is 5.00 Å². The molecule has 6 heteroatoms. The molecule has 70 valence electrons. The number of rotatable bonds is 2. The molecule has 0 fully saturated rings. The quantitative estimate of drug-likeness (QED) is 0.558. The van der Waals surface area contributed by atoms with Gasteiger partial charge in [-0.3, -0.25) is 10.1 Å². The zero-order chi connectivity index (χ0) is 9.97. The summed E-state index contributed by atoms with van der Waals surface area (Å²) in [5, 5.41) is 10.5. The summed E-state index contributed by atoms with van der Waals surface area (Å²) in [5.41, 5.74) is 0. The summed E-state index contributed by atoms with van der Waals surface area (Å²) in [5.74, 6) is 0.519. The maximum atomic E-state index is 10.4. The summed E-state index contributed by atoms with van der Waals surface area (Å²) in [6.07, 6.45) is 3.21. The second-order valence-corrected chi connectivity index (χ2v) is 3.53. The van der Waals surface area contributed by atoms with Gasteiger partial charge in [0.05, 0.1) is 9.80 Å². The van der Waals surface area contributed by atoms with Crippen molar-refractivity contribution in [1.82, 2.24) is 9.97 Å². The van der Waals surface area contributed by atoms with E-state index in [9.17, 15) is 10.1 Å². The number of aromatic nitrogens is 2. The van der Waals surface area contributed by atoms with Crippen molar-refractivity contribution >= 4 is 16.3 Å². The van der Waals surface area contributed by atoms with Crippen LogP contribution in [0.25, 0.3) is 10.7 Å². The molecule has 0 spiro atoms. The minimum Gasteiger partial charge on any atom is -0.258 e. The van der Waals surface area contributed by atoms with Crippen LogP contribution in [0.1, 0.15) is 0 Å². The van der Waals surface area contributed by atoms with Gasteiger partial charge in [0.1, 0.15) is 0 Å². The van der Waals surface area contributed by atoms with Crippen molar-refractivity contribution in [1.29, 1.82) is 0 Å². The predicted octanol–water partition coefficient (Wildman–Crippen LogP) is 2.11. The zero-order valence-corrected chi connectivity index (χ0v) is 7.77. The SMILES string of the molecule is O=[N+]([O-])c1ccc(-c2ncccn2)s1. The predicted molar refractivity (Wildman–Crippen MR) is 52.0 cm³/mol. The van der Waals surface area contributed by atoms with E-state index in [0.717, 1.165) is 11.3 Å². The molecule has 0 aliphatic rings. The van der Waals surface area contributed by atoms with Gasteiger partial charge in [0.15, 0.2) is 5.82 Å². The lowest BCUT2D eigenvalue weighted by molar-refractivity contribution is -0.380. The molecule has 2 rings (SSSR count). The summed E-state index contributed by atoms with van der Waals surface area (Å²) >= 11 is 1.07. The Morgan fingerprint density at radius 2 is 2.00 bits per heavy atom. The summed E-state index contributed by atoms with van der Waals surface area (Å²) in [6, 6.07) is 4.81. The second-order valence-electron chi connectivity index (χ2n) is 2.47. The van der Waals surface area contributed by atoms with Crippen molar-refractivity contribution in [3.8, 4) is 10.7 Å². The first-order chi connectivity index (χ1) is 6.77. The molecule has 0 radical (unpaired) electrons. The van der Waals surface area contributed by atoms with Crippen LogP contribution in [-0.4, -0.2) is 14.9 Å². The molecule has 0 atom stereocenters. The molecule has 2 heterocycles. The molecule has 0 N–H and O–H groups in total. The normalized spacial score (nSPS) is 10.0. The van der Waals surface area contributed by atoms with Gasteiger partial charge in [0.25, 0.3) is 0 Å². The van der Waals surface area contributed by atoms with Gasteiger partial charge in [-0.05, 0) is 12.1 Å². The van der Waals surface area contributed by atoms with Crippen LogP contribution in [0, 0.1) is 10.1 Å². The lowest BCUT2D eigenvalue weighted by atomic mass is 10.4. The van der Waals surface area contributed by atoms with Crippen molar-refractivity contribution in [2.24, 2.45) is 0 Å². The highest BCUT2D eigenvalue weighted by molar-refractivity contribution is 7.18. The Hall–Kier alpha value is -1.82. The average molecular weight is 207 g/mol. The van der Waals surface area contributed by atoms with Crippen LogP contribution >= 0.6 is 11.3 Å². The summed E-state index contributed by atoms with van der Waals surface area (Å²) in [4.78, 5) is 18.7. The highest BCUT2D eigenvalue weighted by Gasteiger charge is 2.11. The Morgan fingerprint density at radius 1 is 1.29 bits per heavy atom. The van der Waals surface area contributed by atoms with E-state index in [2.05, 4.69) is 9.97 Å². The molecule has 0 bridgehead atoms. The standard InChI is InChI=1S/C8H5N3O2S/c12-11(13)7-3-2-6(14-7)8-9-4-1-5-10-8/h1-5H. The molecular weight excluding hydrogens is 202 g/mol. The highest BCUT2D eigenvalue weighted by Crippen LogP contribution is 2.29. The van der Waals surface area contributed by atoms with Crippen molar-refractivity contribution in [3.05, 3.63) is 40.7 Å². The number of thiophene rings is 1. The number of nitro groups is 1. The molecule has 5 nitrogen and oxygen atoms in total. The minimum absolute atomic E-state index is 0.104. The fourth-order valence-electron chi connectivity index (χ4n) is 0.972. The van der Waals surface area contributed by atoms with E-state index < -0.39 is 4.92 Å². The molecule has 0 unspecified atom stereocenters. The van der Waals surface area contributed by atoms with E-state index in [1.807, 2.05) is 0 Å². The Kier molecular flexibility index (Phi) is 2.19. The molecule has 0 saturated heterocycles. The van der Waals surface area contributed by atoms with Crippen LogP contribution in [-0.2, 0) is 0 Å². The smallest absolute Gasteiger partial charge is 0.258 e. The van der Waals surface area contributed by atoms with E-state index in [1.165, 1.54) is 6.07 Å². The monoisotopic (exact) mass is 207 g/mol. The van der Waals surface area contributed by atoms with E-state index in [1.54, 1.807) is 24.5 Å². The highest BCUT2D eigenvalue weighted by atomic mass is 32.1. The third-order valence-corrected chi connectivity index (χ3v) is 2.59. The molecular formula is C8H5N3O2S. The second kappa shape index (κ2) is 3.51. The molecule has 14 heavy (non-hydrogen) atoms. The van der Waals surface area contributed by atoms with Gasteiger partial charge in [-0.15, -0.1) is 0 Å². The molecule has 2 aromatic heterocycles. The first-order valence-corrected chi connectivity index (χ1v) is 4.60. The van der Waals surface area contributed by atoms with Crippen LogP contribution in [0.2, 0.25) is 0 Å². The molecule has 0 amide bonds. The first kappa shape index (κ1) is 8.76. The minimum atomic E-state index is -0.420. The summed E-state index contributed by atoms with van der Waals surface area (Å²) < 4.78 is 0. The van der Waals surface area contributed by atoms with Gasteiger partial charge in [0.2, 0.25) is 0 Å². The lowest BCUT2D eigenvalue weighted by Crippen LogP contribution is -1.82. The Bertz CT molecular complexity index is 455. The fraction of sp³-hybridized carbons (Fsp3) is 0. The third kappa shape index (κ3) is 1.60. The van der Waals surface area contributed by atoms with Crippen molar-refractivity contribution in [2.45, 2.75) is 0 Å². The van der Waals surface area contributed by atoms with E-state index >= 15 is 0 Å². The third-order valence-electron chi connectivity index (χ3n) is 1.56. The molecule has 0 aliphatic carbocycles. The maximum Gasteiger partial charge on any atom is 0.324 e. The van der Waals surface area contributed by atoms with Gasteiger partial charge in [-0.2, -0.15) is 0 Å². The first-order valence-electron chi connectivity index (χ1n) is 3.79. The number of hydrogen-bond acceptors (Lipinski definition) is 5. The molecule has 0 aliphatic heterocycles. The molecule has 2 aromatic rings. The maximum absolute atomic E-state index is 10.4. The topological polar surface area (TPSA) is 68.9 Å². The van der Waals surface area contributed by atoms with E-state index in [0.29, 0.717) is 10.7 Å². The molecule has 0 aromatic carbocycles.